The normalized spacial score (nSPS) is 35.0. The Morgan fingerprint density at radius 3 is 2.94 bits per heavy atom. The lowest BCUT2D eigenvalue weighted by Gasteiger charge is -2.40. The van der Waals surface area contributed by atoms with Crippen LogP contribution in [0, 0.1) is 5.92 Å². The van der Waals surface area contributed by atoms with Crippen molar-refractivity contribution in [2.45, 2.75) is 31.3 Å². The Kier molecular flexibility index (Phi) is 5.42. The van der Waals surface area contributed by atoms with Crippen molar-refractivity contribution in [2.24, 2.45) is 5.92 Å². The molecule has 4 heteroatoms. The minimum absolute atomic E-state index is 0.627. The number of nitrogens with zero attached hydrogens (tertiary/aromatic N) is 2. The fraction of sp³-hybridized carbons (Fsp3) is 1.00. The van der Waals surface area contributed by atoms with Gasteiger partial charge in [0, 0.05) is 37.7 Å². The summed E-state index contributed by atoms with van der Waals surface area (Å²) < 4.78 is 5.65. The summed E-state index contributed by atoms with van der Waals surface area (Å²) in [5, 5.41) is 3.45. The van der Waals surface area contributed by atoms with Crippen molar-refractivity contribution in [3.63, 3.8) is 0 Å². The Bertz CT molecular complexity index is 249. The van der Waals surface area contributed by atoms with E-state index < -0.39 is 0 Å². The highest BCUT2D eigenvalue weighted by Crippen LogP contribution is 2.19. The van der Waals surface area contributed by atoms with E-state index in [0.29, 0.717) is 12.0 Å². The third-order valence-electron chi connectivity index (χ3n) is 4.59. The van der Waals surface area contributed by atoms with Crippen molar-refractivity contribution in [3.05, 3.63) is 0 Å². The van der Waals surface area contributed by atoms with Crippen molar-refractivity contribution in [1.29, 1.82) is 0 Å². The summed E-state index contributed by atoms with van der Waals surface area (Å²) in [4.78, 5) is 5.01. The Balaban J connectivity index is 1.83. The summed E-state index contributed by atoms with van der Waals surface area (Å²) in [6.07, 6.45) is 3.83. The highest BCUT2D eigenvalue weighted by atomic mass is 16.5. The van der Waals surface area contributed by atoms with E-state index in [-0.39, 0.29) is 0 Å². The van der Waals surface area contributed by atoms with E-state index in [1.165, 1.54) is 25.9 Å². The molecule has 0 aromatic rings. The van der Waals surface area contributed by atoms with Gasteiger partial charge in [-0.3, -0.25) is 0 Å². The largest absolute Gasteiger partial charge is 0.381 e. The SMILES string of the molecule is CNC1CCOCC1CN(C)C1CCCN(C)C1. The van der Waals surface area contributed by atoms with Gasteiger partial charge in [-0.2, -0.15) is 0 Å². The van der Waals surface area contributed by atoms with Gasteiger partial charge in [0.05, 0.1) is 6.61 Å². The maximum absolute atomic E-state index is 5.65. The van der Waals surface area contributed by atoms with Crippen LogP contribution in [-0.2, 0) is 4.74 Å². The Hall–Kier alpha value is -0.160. The molecule has 0 radical (unpaired) electrons. The van der Waals surface area contributed by atoms with Gasteiger partial charge in [-0.25, -0.2) is 0 Å². The van der Waals surface area contributed by atoms with E-state index >= 15 is 0 Å². The second-order valence-corrected chi connectivity index (χ2v) is 6.02. The summed E-state index contributed by atoms with van der Waals surface area (Å²) in [5.74, 6) is 0.640. The lowest BCUT2D eigenvalue weighted by atomic mass is 9.94. The minimum atomic E-state index is 0.627. The predicted octanol–water partition coefficient (Wildman–Crippen LogP) is 0.637. The summed E-state index contributed by atoms with van der Waals surface area (Å²) in [5.41, 5.74) is 0. The topological polar surface area (TPSA) is 27.7 Å². The molecular formula is C14H29N3O. The molecule has 18 heavy (non-hydrogen) atoms. The van der Waals surface area contributed by atoms with Crippen LogP contribution in [0.2, 0.25) is 0 Å². The first-order chi connectivity index (χ1) is 8.70. The van der Waals surface area contributed by atoms with Crippen LogP contribution >= 0.6 is 0 Å². The van der Waals surface area contributed by atoms with Gasteiger partial charge >= 0.3 is 0 Å². The molecule has 106 valence electrons. The van der Waals surface area contributed by atoms with Gasteiger partial charge in [0.15, 0.2) is 0 Å². The van der Waals surface area contributed by atoms with E-state index in [2.05, 4.69) is 36.3 Å². The highest BCUT2D eigenvalue weighted by molar-refractivity contribution is 4.84. The van der Waals surface area contributed by atoms with E-state index in [0.717, 1.165) is 32.2 Å². The smallest absolute Gasteiger partial charge is 0.0521 e. The van der Waals surface area contributed by atoms with Gasteiger partial charge in [-0.05, 0) is 47.0 Å². The zero-order valence-corrected chi connectivity index (χ0v) is 12.2. The van der Waals surface area contributed by atoms with Crippen LogP contribution in [0.3, 0.4) is 0 Å². The van der Waals surface area contributed by atoms with E-state index in [9.17, 15) is 0 Å². The van der Waals surface area contributed by atoms with Gasteiger partial charge in [-0.1, -0.05) is 0 Å². The molecule has 0 aliphatic carbocycles. The molecule has 2 rings (SSSR count). The summed E-state index contributed by atoms with van der Waals surface area (Å²) in [7, 11) is 6.60. The van der Waals surface area contributed by atoms with E-state index in [1.54, 1.807) is 0 Å². The van der Waals surface area contributed by atoms with Crippen LogP contribution in [0.15, 0.2) is 0 Å². The fourth-order valence-electron chi connectivity index (χ4n) is 3.37. The molecule has 0 amide bonds. The van der Waals surface area contributed by atoms with Gasteiger partial charge in [0.2, 0.25) is 0 Å². The second-order valence-electron chi connectivity index (χ2n) is 6.02. The molecule has 2 saturated heterocycles. The quantitative estimate of drug-likeness (QED) is 0.798. The molecular weight excluding hydrogens is 226 g/mol. The van der Waals surface area contributed by atoms with Crippen LogP contribution in [0.4, 0.5) is 0 Å². The Morgan fingerprint density at radius 1 is 1.39 bits per heavy atom. The summed E-state index contributed by atoms with van der Waals surface area (Å²) in [6, 6.07) is 1.35. The standard InChI is InChI=1S/C14H29N3O/c1-15-14-6-8-18-11-12(14)9-17(3)13-5-4-7-16(2)10-13/h12-15H,4-11H2,1-3H3. The van der Waals surface area contributed by atoms with Crippen molar-refractivity contribution < 1.29 is 4.74 Å². The van der Waals surface area contributed by atoms with Gasteiger partial charge in [0.25, 0.3) is 0 Å². The molecule has 0 spiro atoms. The molecule has 2 aliphatic heterocycles. The van der Waals surface area contributed by atoms with Crippen LogP contribution in [0.25, 0.3) is 0 Å². The summed E-state index contributed by atoms with van der Waals surface area (Å²) in [6.45, 7) is 5.46. The average Bonchev–Trinajstić information content (AvgIpc) is 2.39. The number of likely N-dealkylation sites (N-methyl/N-ethyl adjacent to an activating group) is 2. The molecule has 2 heterocycles. The first-order valence-electron chi connectivity index (χ1n) is 7.34. The zero-order valence-electron chi connectivity index (χ0n) is 12.2. The molecule has 0 aromatic heterocycles. The lowest BCUT2D eigenvalue weighted by molar-refractivity contribution is 0.0109. The zero-order chi connectivity index (χ0) is 13.0. The average molecular weight is 255 g/mol. The second kappa shape index (κ2) is 6.85. The molecule has 0 bridgehead atoms. The van der Waals surface area contributed by atoms with Crippen LogP contribution in [0.5, 0.6) is 0 Å². The molecule has 0 aromatic carbocycles. The van der Waals surface area contributed by atoms with Gasteiger partial charge in [-0.15, -0.1) is 0 Å². The van der Waals surface area contributed by atoms with Crippen LogP contribution in [-0.4, -0.2) is 75.9 Å². The third kappa shape index (κ3) is 3.67. The summed E-state index contributed by atoms with van der Waals surface area (Å²) >= 11 is 0. The maximum Gasteiger partial charge on any atom is 0.0521 e. The number of ether oxygens (including phenoxy) is 1. The lowest BCUT2D eigenvalue weighted by Crippen LogP contribution is -2.51. The van der Waals surface area contributed by atoms with Gasteiger partial charge in [0.1, 0.15) is 0 Å². The minimum Gasteiger partial charge on any atom is -0.381 e. The number of rotatable bonds is 4. The predicted molar refractivity (Wildman–Crippen MR) is 74.9 cm³/mol. The number of nitrogens with one attached hydrogen (secondary N) is 1. The van der Waals surface area contributed by atoms with Crippen LogP contribution < -0.4 is 5.32 Å². The monoisotopic (exact) mass is 255 g/mol. The van der Waals surface area contributed by atoms with Crippen molar-refractivity contribution in [2.75, 3.05) is 54.0 Å². The molecule has 3 unspecified atom stereocenters. The van der Waals surface area contributed by atoms with E-state index in [1.807, 2.05) is 0 Å². The molecule has 3 atom stereocenters. The van der Waals surface area contributed by atoms with Crippen molar-refractivity contribution >= 4 is 0 Å². The number of piperidine rings is 1. The maximum atomic E-state index is 5.65. The number of likely N-dealkylation sites (tertiary alicyclic amines) is 1. The van der Waals surface area contributed by atoms with Crippen molar-refractivity contribution in [1.82, 2.24) is 15.1 Å². The fourth-order valence-corrected chi connectivity index (χ4v) is 3.37. The first-order valence-corrected chi connectivity index (χ1v) is 7.34. The first kappa shape index (κ1) is 14.3. The van der Waals surface area contributed by atoms with Gasteiger partial charge < -0.3 is 19.9 Å². The van der Waals surface area contributed by atoms with Crippen LogP contribution in [0.1, 0.15) is 19.3 Å². The Labute approximate surface area is 112 Å². The van der Waals surface area contributed by atoms with Crippen molar-refractivity contribution in [3.8, 4) is 0 Å². The molecule has 2 aliphatic rings. The highest BCUT2D eigenvalue weighted by Gasteiger charge is 2.28. The Morgan fingerprint density at radius 2 is 2.22 bits per heavy atom. The molecule has 4 nitrogen and oxygen atoms in total. The van der Waals surface area contributed by atoms with E-state index in [4.69, 9.17) is 4.74 Å². The molecule has 2 fully saturated rings. The number of hydrogen-bond donors (Lipinski definition) is 1. The molecule has 1 N–H and O–H groups in total. The third-order valence-corrected chi connectivity index (χ3v) is 4.59. The molecule has 0 saturated carbocycles. The number of hydrogen-bond acceptors (Lipinski definition) is 4.